The third-order valence-corrected chi connectivity index (χ3v) is 3.63. The van der Waals surface area contributed by atoms with Gasteiger partial charge in [-0.15, -0.1) is 0 Å². The Labute approximate surface area is 90.8 Å². The van der Waals surface area contributed by atoms with E-state index in [2.05, 4.69) is 0 Å². The molecule has 88 valence electrons. The Bertz CT molecular complexity index is 210. The molecule has 4 nitrogen and oxygen atoms in total. The largest absolute Gasteiger partial charge is 0.481 e. The average molecular weight is 215 g/mol. The Hall–Kier alpha value is -0.610. The van der Waals surface area contributed by atoms with Crippen LogP contribution in [0, 0.1) is 11.3 Å². The number of hydrogen-bond donors (Lipinski definition) is 2. The van der Waals surface area contributed by atoms with Crippen LogP contribution >= 0.6 is 0 Å². The summed E-state index contributed by atoms with van der Waals surface area (Å²) in [4.78, 5) is 11.3. The zero-order valence-corrected chi connectivity index (χ0v) is 9.37. The smallest absolute Gasteiger partial charge is 0.309 e. The molecule has 1 aliphatic carbocycles. The van der Waals surface area contributed by atoms with E-state index in [1.807, 2.05) is 0 Å². The molecule has 4 heteroatoms. The maximum absolute atomic E-state index is 11.3. The van der Waals surface area contributed by atoms with E-state index in [1.165, 1.54) is 0 Å². The Morgan fingerprint density at radius 2 is 2.13 bits per heavy atom. The average Bonchev–Trinajstić information content (AvgIpc) is 2.27. The van der Waals surface area contributed by atoms with Gasteiger partial charge >= 0.3 is 5.97 Å². The molecule has 1 rings (SSSR count). The molecule has 1 saturated carbocycles. The van der Waals surface area contributed by atoms with Crippen molar-refractivity contribution in [1.82, 2.24) is 0 Å². The summed E-state index contributed by atoms with van der Waals surface area (Å²) >= 11 is 0. The Morgan fingerprint density at radius 3 is 2.53 bits per heavy atom. The van der Waals surface area contributed by atoms with E-state index in [0.717, 1.165) is 25.7 Å². The molecule has 1 fully saturated rings. The second-order valence-corrected chi connectivity index (χ2v) is 4.51. The van der Waals surface area contributed by atoms with Gasteiger partial charge < -0.3 is 15.6 Å². The molecule has 0 unspecified atom stereocenters. The van der Waals surface area contributed by atoms with Crippen LogP contribution in [0.1, 0.15) is 32.1 Å². The topological polar surface area (TPSA) is 72.5 Å². The third-order valence-electron chi connectivity index (χ3n) is 3.63. The van der Waals surface area contributed by atoms with Crippen molar-refractivity contribution < 1.29 is 14.6 Å². The molecule has 0 spiro atoms. The van der Waals surface area contributed by atoms with Crippen LogP contribution in [0.25, 0.3) is 0 Å². The van der Waals surface area contributed by atoms with Crippen LogP contribution in [0.5, 0.6) is 0 Å². The van der Waals surface area contributed by atoms with Crippen molar-refractivity contribution in [2.75, 3.05) is 20.3 Å². The zero-order valence-electron chi connectivity index (χ0n) is 9.37. The molecule has 0 heterocycles. The molecule has 0 aromatic heterocycles. The quantitative estimate of drug-likeness (QED) is 0.723. The van der Waals surface area contributed by atoms with Crippen molar-refractivity contribution in [2.45, 2.75) is 32.1 Å². The molecule has 3 N–H and O–H groups in total. The minimum atomic E-state index is -0.671. The van der Waals surface area contributed by atoms with Gasteiger partial charge in [0.05, 0.1) is 5.41 Å². The van der Waals surface area contributed by atoms with Crippen LogP contribution in [0.15, 0.2) is 0 Å². The highest BCUT2D eigenvalue weighted by Crippen LogP contribution is 2.41. The fourth-order valence-electron chi connectivity index (χ4n) is 2.33. The molecule has 0 aromatic carbocycles. The molecule has 0 radical (unpaired) electrons. The Morgan fingerprint density at radius 1 is 1.53 bits per heavy atom. The first-order valence-electron chi connectivity index (χ1n) is 5.57. The molecule has 0 amide bonds. The summed E-state index contributed by atoms with van der Waals surface area (Å²) in [6.45, 7) is 1.21. The second-order valence-electron chi connectivity index (χ2n) is 4.51. The lowest BCUT2D eigenvalue weighted by molar-refractivity contribution is -0.153. The Kier molecular flexibility index (Phi) is 4.54. The summed E-state index contributed by atoms with van der Waals surface area (Å²) in [6, 6.07) is 0. The number of aliphatic carboxylic acids is 1. The van der Waals surface area contributed by atoms with Crippen LogP contribution < -0.4 is 5.73 Å². The van der Waals surface area contributed by atoms with E-state index >= 15 is 0 Å². The number of carboxylic acids is 1. The molecule has 0 atom stereocenters. The lowest BCUT2D eigenvalue weighted by atomic mass is 9.69. The van der Waals surface area contributed by atoms with E-state index in [9.17, 15) is 9.90 Å². The molecular formula is C11H21NO3. The molecule has 1 aliphatic rings. The number of ether oxygens (including phenoxy) is 1. The normalized spacial score (nSPS) is 31.5. The lowest BCUT2D eigenvalue weighted by Gasteiger charge is -2.36. The molecule has 0 aliphatic heterocycles. The monoisotopic (exact) mass is 215 g/mol. The van der Waals surface area contributed by atoms with E-state index < -0.39 is 11.4 Å². The van der Waals surface area contributed by atoms with Crippen LogP contribution in [0.4, 0.5) is 0 Å². The van der Waals surface area contributed by atoms with Gasteiger partial charge in [0, 0.05) is 13.7 Å². The summed E-state index contributed by atoms with van der Waals surface area (Å²) in [6.07, 6.45) is 3.98. The van der Waals surface area contributed by atoms with Gasteiger partial charge in [0.1, 0.15) is 0 Å². The number of methoxy groups -OCH3 is 1. The number of carbonyl (C=O) groups is 1. The van der Waals surface area contributed by atoms with Gasteiger partial charge in [-0.05, 0) is 44.6 Å². The fourth-order valence-corrected chi connectivity index (χ4v) is 2.33. The predicted octanol–water partition coefficient (Wildman–Crippen LogP) is 1.24. The third kappa shape index (κ3) is 2.92. The van der Waals surface area contributed by atoms with Gasteiger partial charge in [-0.2, -0.15) is 0 Å². The van der Waals surface area contributed by atoms with E-state index in [0.29, 0.717) is 25.5 Å². The van der Waals surface area contributed by atoms with Gasteiger partial charge in [0.2, 0.25) is 0 Å². The maximum Gasteiger partial charge on any atom is 0.309 e. The first-order valence-corrected chi connectivity index (χ1v) is 5.57. The maximum atomic E-state index is 11.3. The standard InChI is InChI=1S/C11H21NO3/c1-15-7-6-11(10(13)14)4-2-9(8-12)3-5-11/h9H,2-8,12H2,1H3,(H,13,14). The van der Waals surface area contributed by atoms with Gasteiger partial charge in [0.15, 0.2) is 0 Å². The number of carboxylic acid groups (broad SMARTS) is 1. The summed E-state index contributed by atoms with van der Waals surface area (Å²) in [5, 5.41) is 9.29. The van der Waals surface area contributed by atoms with Crippen molar-refractivity contribution >= 4 is 5.97 Å². The van der Waals surface area contributed by atoms with E-state index in [4.69, 9.17) is 10.5 Å². The summed E-state index contributed by atoms with van der Waals surface area (Å²) < 4.78 is 4.98. The molecular weight excluding hydrogens is 194 g/mol. The highest BCUT2D eigenvalue weighted by atomic mass is 16.5. The molecule has 0 bridgehead atoms. The van der Waals surface area contributed by atoms with E-state index in [1.54, 1.807) is 7.11 Å². The summed E-state index contributed by atoms with van der Waals surface area (Å²) in [7, 11) is 1.61. The second kappa shape index (κ2) is 5.47. The van der Waals surface area contributed by atoms with Gasteiger partial charge in [-0.25, -0.2) is 0 Å². The highest BCUT2D eigenvalue weighted by Gasteiger charge is 2.41. The zero-order chi connectivity index (χ0) is 11.3. The lowest BCUT2D eigenvalue weighted by Crippen LogP contribution is -2.37. The first kappa shape index (κ1) is 12.5. The van der Waals surface area contributed by atoms with Crippen molar-refractivity contribution in [3.05, 3.63) is 0 Å². The van der Waals surface area contributed by atoms with Crippen molar-refractivity contribution in [1.29, 1.82) is 0 Å². The van der Waals surface area contributed by atoms with Crippen molar-refractivity contribution in [2.24, 2.45) is 17.1 Å². The van der Waals surface area contributed by atoms with Crippen LogP contribution in [-0.2, 0) is 9.53 Å². The van der Waals surface area contributed by atoms with Crippen molar-refractivity contribution in [3.8, 4) is 0 Å². The van der Waals surface area contributed by atoms with Crippen LogP contribution in [0.3, 0.4) is 0 Å². The minimum absolute atomic E-state index is 0.514. The van der Waals surface area contributed by atoms with Gasteiger partial charge in [0.25, 0.3) is 0 Å². The summed E-state index contributed by atoms with van der Waals surface area (Å²) in [5.41, 5.74) is 5.04. The first-order chi connectivity index (χ1) is 7.14. The summed E-state index contributed by atoms with van der Waals surface area (Å²) in [5.74, 6) is -0.157. The number of rotatable bonds is 5. The van der Waals surface area contributed by atoms with Crippen LogP contribution in [0.2, 0.25) is 0 Å². The molecule has 0 aromatic rings. The molecule has 0 saturated heterocycles. The van der Waals surface area contributed by atoms with Gasteiger partial charge in [-0.1, -0.05) is 0 Å². The minimum Gasteiger partial charge on any atom is -0.481 e. The fraction of sp³-hybridized carbons (Fsp3) is 0.909. The number of hydrogen-bond acceptors (Lipinski definition) is 3. The van der Waals surface area contributed by atoms with Gasteiger partial charge in [-0.3, -0.25) is 4.79 Å². The van der Waals surface area contributed by atoms with Crippen molar-refractivity contribution in [3.63, 3.8) is 0 Å². The number of nitrogens with two attached hydrogens (primary N) is 1. The van der Waals surface area contributed by atoms with Crippen LogP contribution in [-0.4, -0.2) is 31.3 Å². The molecule has 15 heavy (non-hydrogen) atoms. The Balaban J connectivity index is 2.56. The highest BCUT2D eigenvalue weighted by molar-refractivity contribution is 5.74. The SMILES string of the molecule is COCCC1(C(=O)O)CCC(CN)CC1. The predicted molar refractivity (Wildman–Crippen MR) is 57.6 cm³/mol. The van der Waals surface area contributed by atoms with E-state index in [-0.39, 0.29) is 0 Å².